The second-order valence-electron chi connectivity index (χ2n) is 3.87. The van der Waals surface area contributed by atoms with Crippen LogP contribution in [0.5, 0.6) is 17.4 Å². The molecule has 0 aliphatic carbocycles. The Kier molecular flexibility index (Phi) is 4.11. The van der Waals surface area contributed by atoms with Gasteiger partial charge in [0.15, 0.2) is 11.5 Å². The Morgan fingerprint density at radius 1 is 1.35 bits per heavy atom. The van der Waals surface area contributed by atoms with Gasteiger partial charge in [0.25, 0.3) is 5.69 Å². The predicted octanol–water partition coefficient (Wildman–Crippen LogP) is 2.25. The van der Waals surface area contributed by atoms with E-state index in [1.165, 1.54) is 25.3 Å². The van der Waals surface area contributed by atoms with E-state index in [1.807, 2.05) is 0 Å². The average molecular weight is 275 g/mol. The number of hydrogen-bond acceptors (Lipinski definition) is 6. The maximum atomic E-state index is 10.7. The van der Waals surface area contributed by atoms with Gasteiger partial charge in [-0.2, -0.15) is 0 Å². The first-order chi connectivity index (χ1) is 9.65. The van der Waals surface area contributed by atoms with Crippen LogP contribution < -0.4 is 15.2 Å². The molecule has 0 radical (unpaired) electrons. The first kappa shape index (κ1) is 13.8. The molecule has 0 bridgehead atoms. The molecule has 2 aromatic rings. The standard InChI is InChI=1S/C13H13N3O4/c1-19-12-7-10(16(17)18)4-5-11(12)20-13-9(8-14)3-2-6-15-13/h2-7H,8,14H2,1H3. The molecule has 20 heavy (non-hydrogen) atoms. The van der Waals surface area contributed by atoms with Crippen LogP contribution in [0, 0.1) is 10.1 Å². The molecule has 1 aromatic carbocycles. The van der Waals surface area contributed by atoms with Gasteiger partial charge in [-0.15, -0.1) is 0 Å². The normalized spacial score (nSPS) is 10.1. The third-order valence-corrected chi connectivity index (χ3v) is 2.63. The lowest BCUT2D eigenvalue weighted by Gasteiger charge is -2.11. The Hall–Kier alpha value is -2.67. The van der Waals surface area contributed by atoms with E-state index in [2.05, 4.69) is 4.98 Å². The minimum Gasteiger partial charge on any atom is -0.493 e. The summed E-state index contributed by atoms with van der Waals surface area (Å²) in [4.78, 5) is 14.3. The fourth-order valence-electron chi connectivity index (χ4n) is 1.63. The molecule has 0 aliphatic heterocycles. The van der Waals surface area contributed by atoms with Crippen LogP contribution in [0.15, 0.2) is 36.5 Å². The molecule has 1 aromatic heterocycles. The summed E-state index contributed by atoms with van der Waals surface area (Å²) in [6.45, 7) is 0.276. The second-order valence-corrected chi connectivity index (χ2v) is 3.87. The van der Waals surface area contributed by atoms with Crippen molar-refractivity contribution in [3.8, 4) is 17.4 Å². The summed E-state index contributed by atoms with van der Waals surface area (Å²) >= 11 is 0. The molecular formula is C13H13N3O4. The van der Waals surface area contributed by atoms with E-state index in [1.54, 1.807) is 18.3 Å². The van der Waals surface area contributed by atoms with Gasteiger partial charge in [0.1, 0.15) is 0 Å². The van der Waals surface area contributed by atoms with E-state index < -0.39 is 4.92 Å². The van der Waals surface area contributed by atoms with Crippen molar-refractivity contribution in [2.75, 3.05) is 7.11 Å². The molecule has 0 unspecified atom stereocenters. The average Bonchev–Trinajstić information content (AvgIpc) is 2.48. The molecule has 0 aliphatic rings. The SMILES string of the molecule is COc1cc([N+](=O)[O-])ccc1Oc1ncccc1CN. The third-order valence-electron chi connectivity index (χ3n) is 2.63. The highest BCUT2D eigenvalue weighted by Crippen LogP contribution is 2.34. The maximum Gasteiger partial charge on any atom is 0.273 e. The van der Waals surface area contributed by atoms with Gasteiger partial charge in [0, 0.05) is 24.4 Å². The van der Waals surface area contributed by atoms with Crippen LogP contribution >= 0.6 is 0 Å². The Labute approximate surface area is 115 Å². The van der Waals surface area contributed by atoms with Gasteiger partial charge < -0.3 is 15.2 Å². The fraction of sp³-hybridized carbons (Fsp3) is 0.154. The van der Waals surface area contributed by atoms with Gasteiger partial charge in [-0.25, -0.2) is 4.98 Å². The van der Waals surface area contributed by atoms with Crippen molar-refractivity contribution < 1.29 is 14.4 Å². The number of benzene rings is 1. The van der Waals surface area contributed by atoms with Gasteiger partial charge in [-0.05, 0) is 12.1 Å². The number of hydrogen-bond donors (Lipinski definition) is 1. The van der Waals surface area contributed by atoms with E-state index in [4.69, 9.17) is 15.2 Å². The number of pyridine rings is 1. The Morgan fingerprint density at radius 2 is 2.15 bits per heavy atom. The third kappa shape index (κ3) is 2.83. The molecule has 2 N–H and O–H groups in total. The Bertz CT molecular complexity index is 631. The van der Waals surface area contributed by atoms with Gasteiger partial charge >= 0.3 is 0 Å². The Morgan fingerprint density at radius 3 is 2.80 bits per heavy atom. The van der Waals surface area contributed by atoms with Crippen molar-refractivity contribution in [3.63, 3.8) is 0 Å². The number of aromatic nitrogens is 1. The number of rotatable bonds is 5. The van der Waals surface area contributed by atoms with Gasteiger partial charge in [0.05, 0.1) is 18.1 Å². The zero-order chi connectivity index (χ0) is 14.5. The highest BCUT2D eigenvalue weighted by molar-refractivity contribution is 5.50. The topological polar surface area (TPSA) is 101 Å². The summed E-state index contributed by atoms with van der Waals surface area (Å²) < 4.78 is 10.7. The largest absolute Gasteiger partial charge is 0.493 e. The lowest BCUT2D eigenvalue weighted by molar-refractivity contribution is -0.384. The Balaban J connectivity index is 2.36. The lowest BCUT2D eigenvalue weighted by atomic mass is 10.2. The van der Waals surface area contributed by atoms with Crippen molar-refractivity contribution in [1.82, 2.24) is 4.98 Å². The summed E-state index contributed by atoms with van der Waals surface area (Å²) in [7, 11) is 1.41. The van der Waals surface area contributed by atoms with Crippen molar-refractivity contribution >= 4 is 5.69 Å². The number of nitro benzene ring substituents is 1. The van der Waals surface area contributed by atoms with Crippen LogP contribution in [-0.4, -0.2) is 17.0 Å². The number of nitrogens with zero attached hydrogens (tertiary/aromatic N) is 2. The molecular weight excluding hydrogens is 262 g/mol. The number of ether oxygens (including phenoxy) is 2. The first-order valence-corrected chi connectivity index (χ1v) is 5.80. The summed E-state index contributed by atoms with van der Waals surface area (Å²) in [6, 6.07) is 7.64. The van der Waals surface area contributed by atoms with E-state index in [0.29, 0.717) is 11.6 Å². The molecule has 0 atom stereocenters. The van der Waals surface area contributed by atoms with Crippen LogP contribution in [0.3, 0.4) is 0 Å². The van der Waals surface area contributed by atoms with Gasteiger partial charge in [-0.3, -0.25) is 10.1 Å². The molecule has 0 saturated carbocycles. The zero-order valence-electron chi connectivity index (χ0n) is 10.8. The number of methoxy groups -OCH3 is 1. The smallest absolute Gasteiger partial charge is 0.273 e. The van der Waals surface area contributed by atoms with Gasteiger partial charge in [0.2, 0.25) is 5.88 Å². The second kappa shape index (κ2) is 5.98. The highest BCUT2D eigenvalue weighted by Gasteiger charge is 2.14. The minimum atomic E-state index is -0.502. The van der Waals surface area contributed by atoms with Crippen LogP contribution in [0.2, 0.25) is 0 Å². The van der Waals surface area contributed by atoms with E-state index in [-0.39, 0.29) is 18.0 Å². The lowest BCUT2D eigenvalue weighted by Crippen LogP contribution is -2.01. The summed E-state index contributed by atoms with van der Waals surface area (Å²) in [5, 5.41) is 10.7. The van der Waals surface area contributed by atoms with Crippen molar-refractivity contribution in [3.05, 3.63) is 52.2 Å². The van der Waals surface area contributed by atoms with Crippen molar-refractivity contribution in [2.45, 2.75) is 6.54 Å². The van der Waals surface area contributed by atoms with E-state index in [9.17, 15) is 10.1 Å². The monoisotopic (exact) mass is 275 g/mol. The fourth-order valence-corrected chi connectivity index (χ4v) is 1.63. The quantitative estimate of drug-likeness (QED) is 0.663. The number of nitrogens with two attached hydrogens (primary N) is 1. The maximum absolute atomic E-state index is 10.7. The van der Waals surface area contributed by atoms with Crippen LogP contribution in [0.4, 0.5) is 5.69 Å². The van der Waals surface area contributed by atoms with Gasteiger partial charge in [-0.1, -0.05) is 6.07 Å². The summed E-state index contributed by atoms with van der Waals surface area (Å²) in [6.07, 6.45) is 1.58. The summed E-state index contributed by atoms with van der Waals surface area (Å²) in [5.74, 6) is 0.946. The van der Waals surface area contributed by atoms with Crippen LogP contribution in [0.25, 0.3) is 0 Å². The highest BCUT2D eigenvalue weighted by atomic mass is 16.6. The molecule has 104 valence electrons. The molecule has 0 amide bonds. The summed E-state index contributed by atoms with van der Waals surface area (Å²) in [5.41, 5.74) is 6.25. The molecule has 7 heteroatoms. The molecule has 2 rings (SSSR count). The molecule has 7 nitrogen and oxygen atoms in total. The molecule has 0 saturated heterocycles. The zero-order valence-corrected chi connectivity index (χ0v) is 10.8. The number of non-ortho nitro benzene ring substituents is 1. The van der Waals surface area contributed by atoms with E-state index >= 15 is 0 Å². The van der Waals surface area contributed by atoms with E-state index in [0.717, 1.165) is 5.56 Å². The molecule has 0 spiro atoms. The predicted molar refractivity (Wildman–Crippen MR) is 71.9 cm³/mol. The first-order valence-electron chi connectivity index (χ1n) is 5.80. The van der Waals surface area contributed by atoms with Crippen LogP contribution in [0.1, 0.15) is 5.56 Å². The van der Waals surface area contributed by atoms with Crippen molar-refractivity contribution in [2.24, 2.45) is 5.73 Å². The number of nitro groups is 1. The van der Waals surface area contributed by atoms with Crippen molar-refractivity contribution in [1.29, 1.82) is 0 Å². The minimum absolute atomic E-state index is 0.0748. The molecule has 1 heterocycles. The van der Waals surface area contributed by atoms with Crippen LogP contribution in [-0.2, 0) is 6.54 Å². The molecule has 0 fully saturated rings.